The Hall–Kier alpha value is -0.390. The number of thiophene rings is 1. The standard InChI is InChI=1S/C13H18BrNO2S/c1-9-8-11(18-12(9)14)13(16)15-6-5-10-4-2-3-7-17-10/h8,10H,2-7H2,1H3,(H,15,16). The predicted octanol–water partition coefficient (Wildman–Crippen LogP) is 3.51. The minimum atomic E-state index is 0.0182. The topological polar surface area (TPSA) is 38.3 Å². The average Bonchev–Trinajstić information content (AvgIpc) is 2.71. The number of amides is 1. The third kappa shape index (κ3) is 3.80. The van der Waals surface area contributed by atoms with Gasteiger partial charge in [-0.3, -0.25) is 4.79 Å². The fourth-order valence-electron chi connectivity index (χ4n) is 2.04. The maximum Gasteiger partial charge on any atom is 0.261 e. The van der Waals surface area contributed by atoms with Crippen molar-refractivity contribution in [3.05, 3.63) is 20.3 Å². The molecule has 0 bridgehead atoms. The van der Waals surface area contributed by atoms with Crippen molar-refractivity contribution in [2.45, 2.75) is 38.7 Å². The molecule has 100 valence electrons. The third-order valence-electron chi connectivity index (χ3n) is 3.11. The Morgan fingerprint density at radius 3 is 3.06 bits per heavy atom. The van der Waals surface area contributed by atoms with Gasteiger partial charge >= 0.3 is 0 Å². The minimum absolute atomic E-state index is 0.0182. The van der Waals surface area contributed by atoms with Crippen molar-refractivity contribution in [1.82, 2.24) is 5.32 Å². The van der Waals surface area contributed by atoms with E-state index in [4.69, 9.17) is 4.74 Å². The molecule has 0 spiro atoms. The molecular formula is C13H18BrNO2S. The van der Waals surface area contributed by atoms with Gasteiger partial charge in [-0.05, 0) is 60.2 Å². The summed E-state index contributed by atoms with van der Waals surface area (Å²) in [6.07, 6.45) is 4.79. The highest BCUT2D eigenvalue weighted by Gasteiger charge is 2.15. The van der Waals surface area contributed by atoms with Crippen LogP contribution in [0, 0.1) is 6.92 Å². The first-order valence-electron chi connectivity index (χ1n) is 6.32. The number of carbonyl (C=O) groups excluding carboxylic acids is 1. The van der Waals surface area contributed by atoms with Gasteiger partial charge in [0.2, 0.25) is 0 Å². The van der Waals surface area contributed by atoms with Crippen LogP contribution in [0.25, 0.3) is 0 Å². The molecule has 0 aromatic carbocycles. The second-order valence-electron chi connectivity index (χ2n) is 4.60. The molecule has 1 saturated heterocycles. The first-order valence-corrected chi connectivity index (χ1v) is 7.93. The Morgan fingerprint density at radius 2 is 2.44 bits per heavy atom. The zero-order chi connectivity index (χ0) is 13.0. The lowest BCUT2D eigenvalue weighted by Crippen LogP contribution is -2.29. The highest BCUT2D eigenvalue weighted by molar-refractivity contribution is 9.11. The highest BCUT2D eigenvalue weighted by atomic mass is 79.9. The van der Waals surface area contributed by atoms with Crippen LogP contribution >= 0.6 is 27.3 Å². The van der Waals surface area contributed by atoms with E-state index in [1.165, 1.54) is 24.2 Å². The van der Waals surface area contributed by atoms with Gasteiger partial charge in [0.1, 0.15) is 0 Å². The smallest absolute Gasteiger partial charge is 0.261 e. The second-order valence-corrected chi connectivity index (χ2v) is 6.97. The SMILES string of the molecule is Cc1cc(C(=O)NCCC2CCCCO2)sc1Br. The van der Waals surface area contributed by atoms with E-state index < -0.39 is 0 Å². The molecule has 2 rings (SSSR count). The van der Waals surface area contributed by atoms with Crippen LogP contribution in [0.3, 0.4) is 0 Å². The van der Waals surface area contributed by atoms with Gasteiger partial charge in [-0.15, -0.1) is 11.3 Å². The van der Waals surface area contributed by atoms with Gasteiger partial charge in [-0.1, -0.05) is 0 Å². The first kappa shape index (κ1) is 14.0. The second kappa shape index (κ2) is 6.68. The van der Waals surface area contributed by atoms with E-state index in [0.717, 1.165) is 33.7 Å². The van der Waals surface area contributed by atoms with Crippen molar-refractivity contribution in [3.63, 3.8) is 0 Å². The number of rotatable bonds is 4. The molecule has 1 aromatic heterocycles. The lowest BCUT2D eigenvalue weighted by molar-refractivity contribution is 0.0117. The Morgan fingerprint density at radius 1 is 1.61 bits per heavy atom. The van der Waals surface area contributed by atoms with Crippen LogP contribution in [-0.4, -0.2) is 25.2 Å². The van der Waals surface area contributed by atoms with Gasteiger partial charge in [-0.25, -0.2) is 0 Å². The number of hydrogen-bond donors (Lipinski definition) is 1. The van der Waals surface area contributed by atoms with E-state index in [1.54, 1.807) is 0 Å². The molecular weight excluding hydrogens is 314 g/mol. The molecule has 0 radical (unpaired) electrons. The summed E-state index contributed by atoms with van der Waals surface area (Å²) >= 11 is 4.92. The predicted molar refractivity (Wildman–Crippen MR) is 77.3 cm³/mol. The molecule has 5 heteroatoms. The molecule has 1 N–H and O–H groups in total. The lowest BCUT2D eigenvalue weighted by Gasteiger charge is -2.22. The summed E-state index contributed by atoms with van der Waals surface area (Å²) in [6.45, 7) is 3.56. The summed E-state index contributed by atoms with van der Waals surface area (Å²) in [5, 5.41) is 2.96. The molecule has 0 saturated carbocycles. The van der Waals surface area contributed by atoms with Gasteiger partial charge in [0.15, 0.2) is 0 Å². The fourth-order valence-corrected chi connectivity index (χ4v) is 3.49. The van der Waals surface area contributed by atoms with Crippen LogP contribution < -0.4 is 5.32 Å². The van der Waals surface area contributed by atoms with Crippen molar-refractivity contribution in [3.8, 4) is 0 Å². The van der Waals surface area contributed by atoms with Gasteiger partial charge in [-0.2, -0.15) is 0 Å². The molecule has 3 nitrogen and oxygen atoms in total. The number of ether oxygens (including phenoxy) is 1. The van der Waals surface area contributed by atoms with Crippen LogP contribution in [0.1, 0.15) is 40.9 Å². The van der Waals surface area contributed by atoms with E-state index in [2.05, 4.69) is 21.2 Å². The van der Waals surface area contributed by atoms with Gasteiger partial charge < -0.3 is 10.1 Å². The third-order valence-corrected chi connectivity index (χ3v) is 5.24. The van der Waals surface area contributed by atoms with E-state index in [9.17, 15) is 4.79 Å². The van der Waals surface area contributed by atoms with Crippen molar-refractivity contribution < 1.29 is 9.53 Å². The molecule has 2 heterocycles. The number of carbonyl (C=O) groups is 1. The lowest BCUT2D eigenvalue weighted by atomic mass is 10.1. The van der Waals surface area contributed by atoms with Gasteiger partial charge in [0.25, 0.3) is 5.91 Å². The molecule has 1 aliphatic rings. The molecule has 1 unspecified atom stereocenters. The summed E-state index contributed by atoms with van der Waals surface area (Å²) in [7, 11) is 0. The van der Waals surface area contributed by atoms with E-state index in [1.807, 2.05) is 13.0 Å². The average molecular weight is 332 g/mol. The molecule has 1 aromatic rings. The molecule has 0 aliphatic carbocycles. The molecule has 1 aliphatic heterocycles. The number of aryl methyl sites for hydroxylation is 1. The maximum absolute atomic E-state index is 11.9. The summed E-state index contributed by atoms with van der Waals surface area (Å²) in [5.74, 6) is 0.0182. The molecule has 18 heavy (non-hydrogen) atoms. The minimum Gasteiger partial charge on any atom is -0.378 e. The Labute approximate surface area is 120 Å². The molecule has 1 amide bonds. The van der Waals surface area contributed by atoms with Crippen LogP contribution in [0.5, 0.6) is 0 Å². The highest BCUT2D eigenvalue weighted by Crippen LogP contribution is 2.27. The fraction of sp³-hybridized carbons (Fsp3) is 0.615. The first-order chi connectivity index (χ1) is 8.66. The summed E-state index contributed by atoms with van der Waals surface area (Å²) in [5.41, 5.74) is 1.11. The van der Waals surface area contributed by atoms with Crippen molar-refractivity contribution in [2.75, 3.05) is 13.2 Å². The maximum atomic E-state index is 11.9. The Bertz CT molecular complexity index is 394. The Balaban J connectivity index is 1.74. The van der Waals surface area contributed by atoms with E-state index >= 15 is 0 Å². The van der Waals surface area contributed by atoms with Gasteiger partial charge in [0, 0.05) is 13.2 Å². The number of nitrogens with one attached hydrogen (secondary N) is 1. The van der Waals surface area contributed by atoms with E-state index in [0.29, 0.717) is 12.6 Å². The zero-order valence-electron chi connectivity index (χ0n) is 10.5. The molecule has 1 fully saturated rings. The van der Waals surface area contributed by atoms with Gasteiger partial charge in [0.05, 0.1) is 14.8 Å². The van der Waals surface area contributed by atoms with E-state index in [-0.39, 0.29) is 5.91 Å². The monoisotopic (exact) mass is 331 g/mol. The normalized spacial score (nSPS) is 19.8. The largest absolute Gasteiger partial charge is 0.378 e. The van der Waals surface area contributed by atoms with Crippen LogP contribution in [-0.2, 0) is 4.74 Å². The van der Waals surface area contributed by atoms with Crippen LogP contribution in [0.15, 0.2) is 9.85 Å². The van der Waals surface area contributed by atoms with Crippen molar-refractivity contribution in [1.29, 1.82) is 0 Å². The summed E-state index contributed by atoms with van der Waals surface area (Å²) in [6, 6.07) is 1.92. The van der Waals surface area contributed by atoms with Crippen molar-refractivity contribution in [2.24, 2.45) is 0 Å². The number of hydrogen-bond acceptors (Lipinski definition) is 3. The Kier molecular flexibility index (Phi) is 5.21. The summed E-state index contributed by atoms with van der Waals surface area (Å²) in [4.78, 5) is 12.7. The van der Waals surface area contributed by atoms with Crippen LogP contribution in [0.4, 0.5) is 0 Å². The summed E-state index contributed by atoms with van der Waals surface area (Å²) < 4.78 is 6.66. The van der Waals surface area contributed by atoms with Crippen molar-refractivity contribution >= 4 is 33.2 Å². The van der Waals surface area contributed by atoms with Crippen LogP contribution in [0.2, 0.25) is 0 Å². The quantitative estimate of drug-likeness (QED) is 0.916. The zero-order valence-corrected chi connectivity index (χ0v) is 12.9. The molecule has 1 atom stereocenters. The number of halogens is 1.